The summed E-state index contributed by atoms with van der Waals surface area (Å²) in [6.45, 7) is 13.1. The van der Waals surface area contributed by atoms with Crippen LogP contribution in [0.2, 0.25) is 0 Å². The maximum Gasteiger partial charge on any atom is 0.416 e. The second-order valence-electron chi connectivity index (χ2n) is 11.0. The lowest BCUT2D eigenvalue weighted by Gasteiger charge is -2.48. The first kappa shape index (κ1) is 29.3. The summed E-state index contributed by atoms with van der Waals surface area (Å²) in [5, 5.41) is 3.16. The number of hydrogen-bond acceptors (Lipinski definition) is 3. The molecular formula is C25H36F6N2O2. The van der Waals surface area contributed by atoms with Gasteiger partial charge in [0.1, 0.15) is 5.60 Å². The molecule has 1 aromatic carbocycles. The monoisotopic (exact) mass is 510 g/mol. The number of nitrogens with one attached hydrogen (secondary N) is 1. The zero-order valence-electron chi connectivity index (χ0n) is 21.3. The minimum atomic E-state index is -4.89. The van der Waals surface area contributed by atoms with Gasteiger partial charge in [-0.2, -0.15) is 26.3 Å². The normalized spacial score (nSPS) is 22.1. The Balaban J connectivity index is 2.28. The highest BCUT2D eigenvalue weighted by atomic mass is 19.4. The van der Waals surface area contributed by atoms with Crippen molar-refractivity contribution in [1.29, 1.82) is 0 Å². The predicted molar refractivity (Wildman–Crippen MR) is 122 cm³/mol. The standard InChI is InChI=1S/C25H36F6N2O2/c1-14(2)20-11-19(12-21(15(3)4)33(20)22(34)35-23(5,6)7)32-13-16-8-17(24(26,27)28)10-18(9-16)25(29,30)31/h8-10,14-15,19-21,32H,11-13H2,1-7H3/t20-,21-/m1/s1. The fourth-order valence-electron chi connectivity index (χ4n) is 4.47. The van der Waals surface area contributed by atoms with Crippen molar-refractivity contribution in [2.75, 3.05) is 0 Å². The number of hydrogen-bond donors (Lipinski definition) is 1. The maximum absolute atomic E-state index is 13.2. The molecule has 4 nitrogen and oxygen atoms in total. The smallest absolute Gasteiger partial charge is 0.416 e. The van der Waals surface area contributed by atoms with Gasteiger partial charge in [0, 0.05) is 24.7 Å². The second-order valence-corrected chi connectivity index (χ2v) is 11.0. The van der Waals surface area contributed by atoms with Crippen molar-refractivity contribution >= 4 is 6.09 Å². The molecule has 0 radical (unpaired) electrons. The van der Waals surface area contributed by atoms with Crippen LogP contribution in [0.4, 0.5) is 31.1 Å². The molecule has 1 aromatic rings. The molecule has 0 aliphatic carbocycles. The van der Waals surface area contributed by atoms with Crippen molar-refractivity contribution in [2.45, 2.75) is 104 Å². The van der Waals surface area contributed by atoms with Crippen LogP contribution in [0.1, 0.15) is 78.0 Å². The number of alkyl halides is 6. The summed E-state index contributed by atoms with van der Waals surface area (Å²) in [6.07, 6.45) is -9.18. The van der Waals surface area contributed by atoms with Gasteiger partial charge >= 0.3 is 18.4 Å². The Morgan fingerprint density at radius 2 is 1.34 bits per heavy atom. The van der Waals surface area contributed by atoms with Crippen LogP contribution in [-0.2, 0) is 23.6 Å². The Labute approximate surface area is 203 Å². The molecule has 2 rings (SSSR count). The van der Waals surface area contributed by atoms with E-state index in [-0.39, 0.29) is 48.1 Å². The van der Waals surface area contributed by atoms with E-state index in [9.17, 15) is 31.1 Å². The van der Waals surface area contributed by atoms with E-state index in [1.54, 1.807) is 25.7 Å². The molecule has 0 saturated carbocycles. The van der Waals surface area contributed by atoms with Gasteiger partial charge in [-0.1, -0.05) is 27.7 Å². The van der Waals surface area contributed by atoms with E-state index >= 15 is 0 Å². The third-order valence-corrected chi connectivity index (χ3v) is 6.15. The minimum Gasteiger partial charge on any atom is -0.444 e. The molecule has 0 bridgehead atoms. The van der Waals surface area contributed by atoms with Gasteiger partial charge in [0.25, 0.3) is 0 Å². The zero-order valence-corrected chi connectivity index (χ0v) is 21.3. The molecule has 35 heavy (non-hydrogen) atoms. The Morgan fingerprint density at radius 3 is 1.69 bits per heavy atom. The molecule has 1 N–H and O–H groups in total. The maximum atomic E-state index is 13.2. The third-order valence-electron chi connectivity index (χ3n) is 6.15. The molecule has 0 spiro atoms. The average molecular weight is 511 g/mol. The van der Waals surface area contributed by atoms with Crippen LogP contribution in [0, 0.1) is 11.8 Å². The highest BCUT2D eigenvalue weighted by Gasteiger charge is 2.43. The number of ether oxygens (including phenoxy) is 1. The average Bonchev–Trinajstić information content (AvgIpc) is 2.68. The molecule has 2 atom stereocenters. The summed E-state index contributed by atoms with van der Waals surface area (Å²) < 4.78 is 84.9. The van der Waals surface area contributed by atoms with E-state index < -0.39 is 35.2 Å². The van der Waals surface area contributed by atoms with Gasteiger partial charge in [-0.15, -0.1) is 0 Å². The van der Waals surface area contributed by atoms with Crippen molar-refractivity contribution in [3.8, 4) is 0 Å². The number of carbonyl (C=O) groups is 1. The van der Waals surface area contributed by atoms with E-state index in [4.69, 9.17) is 4.74 Å². The zero-order chi connectivity index (χ0) is 26.9. The first-order valence-corrected chi connectivity index (χ1v) is 11.8. The molecule has 10 heteroatoms. The van der Waals surface area contributed by atoms with E-state index in [1.807, 2.05) is 27.7 Å². The highest BCUT2D eigenvalue weighted by molar-refractivity contribution is 5.69. The first-order valence-electron chi connectivity index (χ1n) is 11.8. The number of likely N-dealkylation sites (tertiary alicyclic amines) is 1. The Bertz CT molecular complexity index is 824. The molecule has 1 fully saturated rings. The van der Waals surface area contributed by atoms with Gasteiger partial charge in [0.15, 0.2) is 0 Å². The quantitative estimate of drug-likeness (QED) is 0.424. The number of amides is 1. The van der Waals surface area contributed by atoms with Crippen LogP contribution in [0.25, 0.3) is 0 Å². The van der Waals surface area contributed by atoms with Crippen molar-refractivity contribution in [2.24, 2.45) is 11.8 Å². The van der Waals surface area contributed by atoms with Crippen LogP contribution in [0.5, 0.6) is 0 Å². The fourth-order valence-corrected chi connectivity index (χ4v) is 4.47. The van der Waals surface area contributed by atoms with Gasteiger partial charge < -0.3 is 15.0 Å². The molecule has 1 amide bonds. The van der Waals surface area contributed by atoms with Crippen LogP contribution in [0.15, 0.2) is 18.2 Å². The lowest BCUT2D eigenvalue weighted by atomic mass is 9.82. The Kier molecular flexibility index (Phi) is 8.83. The summed E-state index contributed by atoms with van der Waals surface area (Å²) in [4.78, 5) is 14.8. The van der Waals surface area contributed by atoms with E-state index in [1.165, 1.54) is 0 Å². The molecule has 0 aromatic heterocycles. The van der Waals surface area contributed by atoms with Crippen LogP contribution >= 0.6 is 0 Å². The summed E-state index contributed by atoms with van der Waals surface area (Å²) >= 11 is 0. The molecule has 0 unspecified atom stereocenters. The first-order chi connectivity index (χ1) is 15.8. The Morgan fingerprint density at radius 1 is 0.914 bits per heavy atom. The number of halogens is 6. The largest absolute Gasteiger partial charge is 0.444 e. The predicted octanol–water partition coefficient (Wildman–Crippen LogP) is 7.26. The molecule has 200 valence electrons. The molecular weight excluding hydrogens is 474 g/mol. The molecule has 1 heterocycles. The van der Waals surface area contributed by atoms with Gasteiger partial charge in [-0.3, -0.25) is 0 Å². The van der Waals surface area contributed by atoms with Gasteiger partial charge in [-0.05, 0) is 69.2 Å². The lowest BCUT2D eigenvalue weighted by molar-refractivity contribution is -0.143. The van der Waals surface area contributed by atoms with Crippen molar-refractivity contribution < 1.29 is 35.9 Å². The number of carbonyl (C=O) groups excluding carboxylic acids is 1. The summed E-state index contributed by atoms with van der Waals surface area (Å²) in [6, 6.07) is 1.03. The highest BCUT2D eigenvalue weighted by Crippen LogP contribution is 2.37. The van der Waals surface area contributed by atoms with Crippen molar-refractivity contribution in [3.63, 3.8) is 0 Å². The lowest BCUT2D eigenvalue weighted by Crippen LogP contribution is -2.60. The van der Waals surface area contributed by atoms with Gasteiger partial charge in [0.05, 0.1) is 11.1 Å². The topological polar surface area (TPSA) is 41.6 Å². The van der Waals surface area contributed by atoms with Crippen molar-refractivity contribution in [3.05, 3.63) is 34.9 Å². The van der Waals surface area contributed by atoms with Crippen LogP contribution in [-0.4, -0.2) is 34.7 Å². The van der Waals surface area contributed by atoms with E-state index in [0.717, 1.165) is 12.1 Å². The van der Waals surface area contributed by atoms with Gasteiger partial charge in [0.2, 0.25) is 0 Å². The Hall–Kier alpha value is -1.97. The van der Waals surface area contributed by atoms with E-state index in [2.05, 4.69) is 5.32 Å². The second kappa shape index (κ2) is 10.6. The molecule has 1 aliphatic rings. The van der Waals surface area contributed by atoms with Crippen molar-refractivity contribution in [1.82, 2.24) is 10.2 Å². The summed E-state index contributed by atoms with van der Waals surface area (Å²) in [7, 11) is 0. The summed E-state index contributed by atoms with van der Waals surface area (Å²) in [5.74, 6) is 0.137. The number of nitrogens with zero attached hydrogens (tertiary/aromatic N) is 1. The number of piperidine rings is 1. The third kappa shape index (κ3) is 8.02. The van der Waals surface area contributed by atoms with Crippen LogP contribution < -0.4 is 5.32 Å². The molecule has 1 saturated heterocycles. The SMILES string of the molecule is CC(C)[C@H]1CC(NCc2cc(C(F)(F)F)cc(C(F)(F)F)c2)C[C@H](C(C)C)N1C(=O)OC(C)(C)C. The van der Waals surface area contributed by atoms with Crippen LogP contribution in [0.3, 0.4) is 0 Å². The number of rotatable bonds is 5. The van der Waals surface area contributed by atoms with Gasteiger partial charge in [-0.25, -0.2) is 4.79 Å². The molecule has 1 aliphatic heterocycles. The van der Waals surface area contributed by atoms with E-state index in [0.29, 0.717) is 12.8 Å². The minimum absolute atomic E-state index is 0.0683. The summed E-state index contributed by atoms with van der Waals surface area (Å²) in [5.41, 5.74) is -3.42. The fraction of sp³-hybridized carbons (Fsp3) is 0.720. The number of benzene rings is 1.